The molecule has 0 bridgehead atoms. The first-order valence-corrected chi connectivity index (χ1v) is 11.5. The Morgan fingerprint density at radius 1 is 1.16 bits per heavy atom. The zero-order valence-electron chi connectivity index (χ0n) is 19.0. The van der Waals surface area contributed by atoms with Crippen LogP contribution in [0.5, 0.6) is 0 Å². The third-order valence-corrected chi connectivity index (χ3v) is 5.92. The fourth-order valence-corrected chi connectivity index (χ4v) is 3.99. The van der Waals surface area contributed by atoms with Gasteiger partial charge in [-0.25, -0.2) is 15.8 Å². The molecule has 32 heavy (non-hydrogen) atoms. The Balaban J connectivity index is 0.00000141. The summed E-state index contributed by atoms with van der Waals surface area (Å²) in [5.74, 6) is 6.52. The summed E-state index contributed by atoms with van der Waals surface area (Å²) in [5, 5.41) is 1.11. The predicted molar refractivity (Wildman–Crippen MR) is 131 cm³/mol. The molecule has 1 aliphatic rings. The monoisotopic (exact) mass is 457 g/mol. The van der Waals surface area contributed by atoms with Crippen LogP contribution in [0.3, 0.4) is 0 Å². The topological polar surface area (TPSA) is 103 Å². The molecule has 8 nitrogen and oxygen atoms in total. The number of benzene rings is 1. The van der Waals surface area contributed by atoms with Crippen molar-refractivity contribution in [3.8, 4) is 0 Å². The highest BCUT2D eigenvalue weighted by molar-refractivity contribution is 6.32. The van der Waals surface area contributed by atoms with Gasteiger partial charge in [-0.15, -0.1) is 0 Å². The summed E-state index contributed by atoms with van der Waals surface area (Å²) >= 11 is 6.51. The highest BCUT2D eigenvalue weighted by Gasteiger charge is 2.17. The summed E-state index contributed by atoms with van der Waals surface area (Å²) in [5.41, 5.74) is 4.90. The van der Waals surface area contributed by atoms with E-state index in [-0.39, 0.29) is 5.56 Å². The van der Waals surface area contributed by atoms with E-state index < -0.39 is 0 Å². The van der Waals surface area contributed by atoms with Crippen LogP contribution in [0.15, 0.2) is 35.3 Å². The molecule has 3 aromatic rings. The molecule has 4 rings (SSSR count). The van der Waals surface area contributed by atoms with Crippen LogP contribution in [0.25, 0.3) is 10.9 Å². The second kappa shape index (κ2) is 11.4. The number of halogens is 1. The Kier molecular flexibility index (Phi) is 8.58. The van der Waals surface area contributed by atoms with Gasteiger partial charge in [0, 0.05) is 50.4 Å². The lowest BCUT2D eigenvalue weighted by Crippen LogP contribution is -2.45. The summed E-state index contributed by atoms with van der Waals surface area (Å²) in [6.45, 7) is 12.2. The van der Waals surface area contributed by atoms with E-state index in [0.717, 1.165) is 50.4 Å². The molecule has 1 aromatic carbocycles. The number of nitrogen functional groups attached to an aromatic ring is 1. The number of nitrogens with zero attached hydrogens (tertiary/aromatic N) is 4. The van der Waals surface area contributed by atoms with Gasteiger partial charge in [-0.1, -0.05) is 38.4 Å². The second-order valence-corrected chi connectivity index (χ2v) is 7.96. The average molecular weight is 458 g/mol. The van der Waals surface area contributed by atoms with E-state index in [1.165, 1.54) is 0 Å². The molecule has 9 heteroatoms. The number of rotatable bonds is 6. The number of pyridine rings is 1. The van der Waals surface area contributed by atoms with Crippen molar-refractivity contribution in [2.45, 2.75) is 33.7 Å². The van der Waals surface area contributed by atoms with Gasteiger partial charge in [0.25, 0.3) is 5.56 Å². The number of nitrogens with one attached hydrogen (secondary N) is 2. The number of fused-ring (bicyclic) bond motifs is 1. The van der Waals surface area contributed by atoms with Crippen LogP contribution in [0.2, 0.25) is 5.02 Å². The molecule has 1 fully saturated rings. The van der Waals surface area contributed by atoms with Crippen LogP contribution in [0, 0.1) is 0 Å². The lowest BCUT2D eigenvalue weighted by atomic mass is 10.1. The second-order valence-electron chi connectivity index (χ2n) is 7.56. The van der Waals surface area contributed by atoms with Gasteiger partial charge in [-0.3, -0.25) is 9.69 Å². The van der Waals surface area contributed by atoms with Gasteiger partial charge in [-0.05, 0) is 35.9 Å². The number of likely N-dealkylation sites (N-methyl/N-ethyl adjacent to an activating group) is 1. The number of H-pyrrole nitrogens is 1. The molecule has 0 saturated carbocycles. The first-order valence-electron chi connectivity index (χ1n) is 11.1. The third-order valence-electron chi connectivity index (χ3n) is 5.57. The fourth-order valence-electron chi connectivity index (χ4n) is 3.77. The molecule has 0 radical (unpaired) electrons. The van der Waals surface area contributed by atoms with Crippen molar-refractivity contribution in [2.24, 2.45) is 5.84 Å². The van der Waals surface area contributed by atoms with Crippen LogP contribution >= 0.6 is 11.6 Å². The predicted octanol–water partition coefficient (Wildman–Crippen LogP) is 3.01. The lowest BCUT2D eigenvalue weighted by molar-refractivity contribution is 0.132. The van der Waals surface area contributed by atoms with Crippen molar-refractivity contribution in [3.63, 3.8) is 0 Å². The Bertz CT molecular complexity index is 1080. The van der Waals surface area contributed by atoms with E-state index in [4.69, 9.17) is 17.4 Å². The summed E-state index contributed by atoms with van der Waals surface area (Å²) in [6.07, 6.45) is 2.18. The summed E-state index contributed by atoms with van der Waals surface area (Å²) in [6, 6.07) is 7.36. The average Bonchev–Trinajstić information content (AvgIpc) is 2.82. The Morgan fingerprint density at radius 2 is 1.88 bits per heavy atom. The Morgan fingerprint density at radius 3 is 2.50 bits per heavy atom. The molecular formula is C23H32ClN7O. The number of hydrogen-bond acceptors (Lipinski definition) is 7. The van der Waals surface area contributed by atoms with Gasteiger partial charge in [0.1, 0.15) is 11.6 Å². The molecule has 0 unspecified atom stereocenters. The Labute approximate surface area is 193 Å². The minimum Gasteiger partial charge on any atom is -0.310 e. The minimum absolute atomic E-state index is 0.187. The first-order chi connectivity index (χ1) is 15.6. The number of piperazine rings is 1. The highest BCUT2D eigenvalue weighted by Crippen LogP contribution is 2.23. The summed E-state index contributed by atoms with van der Waals surface area (Å²) < 4.78 is 0. The van der Waals surface area contributed by atoms with Gasteiger partial charge in [0.05, 0.1) is 10.9 Å². The quantitative estimate of drug-likeness (QED) is 0.386. The molecule has 4 N–H and O–H groups in total. The van der Waals surface area contributed by atoms with Crippen LogP contribution < -0.4 is 16.8 Å². The molecule has 1 saturated heterocycles. The number of aromatic amines is 1. The molecule has 0 aliphatic carbocycles. The van der Waals surface area contributed by atoms with Gasteiger partial charge in [-0.2, -0.15) is 0 Å². The van der Waals surface area contributed by atoms with Crippen molar-refractivity contribution in [2.75, 3.05) is 38.1 Å². The molecule has 1 aliphatic heterocycles. The number of nitrogens with two attached hydrogens (primary N) is 1. The third kappa shape index (κ3) is 5.83. The SMILES string of the molecule is CC.CCN1CCN(Cc2cc3nc(Cc4ccc(NN)nc4)[nH]c(=O)c3cc2Cl)CC1. The molecule has 2 aromatic heterocycles. The van der Waals surface area contributed by atoms with E-state index in [2.05, 4.69) is 37.1 Å². The molecule has 3 heterocycles. The van der Waals surface area contributed by atoms with Crippen molar-refractivity contribution in [1.29, 1.82) is 0 Å². The van der Waals surface area contributed by atoms with Crippen LogP contribution in [0.1, 0.15) is 37.7 Å². The first kappa shape index (κ1) is 24.1. The van der Waals surface area contributed by atoms with Gasteiger partial charge >= 0.3 is 0 Å². The van der Waals surface area contributed by atoms with Crippen molar-refractivity contribution >= 4 is 28.3 Å². The smallest absolute Gasteiger partial charge is 0.258 e. The largest absolute Gasteiger partial charge is 0.310 e. The van der Waals surface area contributed by atoms with Crippen molar-refractivity contribution in [1.82, 2.24) is 24.8 Å². The van der Waals surface area contributed by atoms with Crippen LogP contribution in [-0.4, -0.2) is 57.5 Å². The normalized spacial score (nSPS) is 14.8. The van der Waals surface area contributed by atoms with E-state index >= 15 is 0 Å². The maximum absolute atomic E-state index is 12.6. The van der Waals surface area contributed by atoms with E-state index in [0.29, 0.717) is 34.0 Å². The zero-order valence-corrected chi connectivity index (χ0v) is 19.7. The Hall–Kier alpha value is -2.52. The lowest BCUT2D eigenvalue weighted by Gasteiger charge is -2.34. The van der Waals surface area contributed by atoms with E-state index in [9.17, 15) is 4.79 Å². The van der Waals surface area contributed by atoms with Gasteiger partial charge < -0.3 is 15.3 Å². The molecule has 0 atom stereocenters. The maximum Gasteiger partial charge on any atom is 0.258 e. The number of hydrazine groups is 1. The van der Waals surface area contributed by atoms with E-state index in [1.807, 2.05) is 26.0 Å². The fraction of sp³-hybridized carbons (Fsp3) is 0.435. The molecule has 0 spiro atoms. The summed E-state index contributed by atoms with van der Waals surface area (Å²) in [4.78, 5) is 29.2. The van der Waals surface area contributed by atoms with Gasteiger partial charge in [0.2, 0.25) is 0 Å². The molecule has 172 valence electrons. The van der Waals surface area contributed by atoms with Crippen LogP contribution in [0.4, 0.5) is 5.82 Å². The van der Waals surface area contributed by atoms with Crippen molar-refractivity contribution in [3.05, 3.63) is 62.8 Å². The zero-order chi connectivity index (χ0) is 23.1. The maximum atomic E-state index is 12.6. The number of aromatic nitrogens is 3. The van der Waals surface area contributed by atoms with Crippen LogP contribution in [-0.2, 0) is 13.0 Å². The van der Waals surface area contributed by atoms with Gasteiger partial charge in [0.15, 0.2) is 0 Å². The van der Waals surface area contributed by atoms with E-state index in [1.54, 1.807) is 18.3 Å². The highest BCUT2D eigenvalue weighted by atomic mass is 35.5. The molecular weight excluding hydrogens is 426 g/mol. The minimum atomic E-state index is -0.187. The number of hydrogen-bond donors (Lipinski definition) is 3. The molecule has 0 amide bonds. The standard InChI is InChI=1S/C21H26ClN7O.C2H6/c1-2-28-5-7-29(8-6-28)13-15-10-18-16(11-17(15)22)21(30)26-20(25-18)9-14-3-4-19(27-23)24-12-14;1-2/h3-4,10-12H,2,5-9,13,23H2,1H3,(H,24,27)(H,25,26,30);1-2H3. The number of anilines is 1. The summed E-state index contributed by atoms with van der Waals surface area (Å²) in [7, 11) is 0. The van der Waals surface area contributed by atoms with Crippen molar-refractivity contribution < 1.29 is 0 Å².